The third-order valence-corrected chi connectivity index (χ3v) is 4.81. The van der Waals surface area contributed by atoms with Crippen LogP contribution in [0.15, 0.2) is 29.2 Å². The van der Waals surface area contributed by atoms with Crippen LogP contribution in [-0.2, 0) is 10.0 Å². The highest BCUT2D eigenvalue weighted by molar-refractivity contribution is 7.89. The Kier molecular flexibility index (Phi) is 4.79. The summed E-state index contributed by atoms with van der Waals surface area (Å²) in [5.74, 6) is 0. The molecule has 19 heavy (non-hydrogen) atoms. The number of hydrogen-bond donors (Lipinski definition) is 3. The Hall–Kier alpha value is -1.11. The minimum Gasteiger partial charge on any atom is -0.381 e. The largest absolute Gasteiger partial charge is 0.381 e. The Morgan fingerprint density at radius 1 is 1.26 bits per heavy atom. The van der Waals surface area contributed by atoms with Gasteiger partial charge in [0.15, 0.2) is 0 Å². The van der Waals surface area contributed by atoms with E-state index in [2.05, 4.69) is 15.4 Å². The van der Waals surface area contributed by atoms with E-state index in [9.17, 15) is 8.42 Å². The van der Waals surface area contributed by atoms with Gasteiger partial charge in [0.2, 0.25) is 10.0 Å². The third-order valence-electron chi connectivity index (χ3n) is 3.21. The fraction of sp³-hybridized carbons (Fsp3) is 0.538. The van der Waals surface area contributed by atoms with Crippen LogP contribution in [-0.4, -0.2) is 34.1 Å². The molecule has 0 spiro atoms. The Balaban J connectivity index is 2.20. The zero-order valence-electron chi connectivity index (χ0n) is 11.1. The van der Waals surface area contributed by atoms with Crippen molar-refractivity contribution in [2.75, 3.05) is 25.0 Å². The molecule has 1 aliphatic rings. The maximum Gasteiger partial charge on any atom is 0.242 e. The number of para-hydroxylation sites is 1. The van der Waals surface area contributed by atoms with Gasteiger partial charge in [-0.3, -0.25) is 0 Å². The Morgan fingerprint density at radius 3 is 2.63 bits per heavy atom. The molecule has 1 fully saturated rings. The fourth-order valence-corrected chi connectivity index (χ4v) is 3.48. The summed E-state index contributed by atoms with van der Waals surface area (Å²) in [4.78, 5) is 0.329. The summed E-state index contributed by atoms with van der Waals surface area (Å²) >= 11 is 0. The molecule has 0 amide bonds. The van der Waals surface area contributed by atoms with Crippen LogP contribution >= 0.6 is 0 Å². The number of rotatable bonds is 5. The van der Waals surface area contributed by atoms with Gasteiger partial charge in [-0.2, -0.15) is 0 Å². The van der Waals surface area contributed by atoms with E-state index >= 15 is 0 Å². The quantitative estimate of drug-likeness (QED) is 0.758. The average Bonchev–Trinajstić information content (AvgIpc) is 2.40. The summed E-state index contributed by atoms with van der Waals surface area (Å²) in [6, 6.07) is 7.40. The van der Waals surface area contributed by atoms with Crippen LogP contribution in [0.5, 0.6) is 0 Å². The maximum atomic E-state index is 12.1. The van der Waals surface area contributed by atoms with Crippen LogP contribution in [0.1, 0.15) is 19.8 Å². The van der Waals surface area contributed by atoms with Gasteiger partial charge in [0, 0.05) is 12.6 Å². The molecule has 5 nitrogen and oxygen atoms in total. The Bertz CT molecular complexity index is 510. The molecule has 0 saturated carbocycles. The lowest BCUT2D eigenvalue weighted by molar-refractivity contribution is 0.478. The number of hydrogen-bond acceptors (Lipinski definition) is 4. The predicted octanol–water partition coefficient (Wildman–Crippen LogP) is 1.15. The normalized spacial score (nSPS) is 17.3. The van der Waals surface area contributed by atoms with Gasteiger partial charge in [-0.25, -0.2) is 13.1 Å². The third kappa shape index (κ3) is 3.68. The number of piperidine rings is 1. The molecular formula is C13H21N3O2S. The van der Waals surface area contributed by atoms with E-state index in [-0.39, 0.29) is 0 Å². The summed E-state index contributed by atoms with van der Waals surface area (Å²) in [5.41, 5.74) is 0.690. The summed E-state index contributed by atoms with van der Waals surface area (Å²) < 4.78 is 26.8. The van der Waals surface area contributed by atoms with Gasteiger partial charge < -0.3 is 10.6 Å². The van der Waals surface area contributed by atoms with Gasteiger partial charge in [0.1, 0.15) is 4.90 Å². The van der Waals surface area contributed by atoms with Gasteiger partial charge in [-0.1, -0.05) is 19.1 Å². The SMILES string of the molecule is CCNS(=O)(=O)c1ccccc1NC1CCNCC1. The molecule has 1 heterocycles. The van der Waals surface area contributed by atoms with Crippen molar-refractivity contribution in [2.45, 2.75) is 30.7 Å². The highest BCUT2D eigenvalue weighted by atomic mass is 32.2. The molecule has 2 rings (SSSR count). The van der Waals surface area contributed by atoms with Crippen molar-refractivity contribution >= 4 is 15.7 Å². The average molecular weight is 283 g/mol. The first kappa shape index (κ1) is 14.3. The van der Waals surface area contributed by atoms with E-state index in [0.29, 0.717) is 23.2 Å². The molecule has 0 aromatic heterocycles. The van der Waals surface area contributed by atoms with Crippen molar-refractivity contribution in [1.29, 1.82) is 0 Å². The van der Waals surface area contributed by atoms with Gasteiger partial charge in [-0.05, 0) is 38.1 Å². The molecule has 106 valence electrons. The van der Waals surface area contributed by atoms with E-state index in [1.165, 1.54) is 0 Å². The lowest BCUT2D eigenvalue weighted by atomic mass is 10.1. The van der Waals surface area contributed by atoms with Crippen molar-refractivity contribution < 1.29 is 8.42 Å². The summed E-state index contributed by atoms with van der Waals surface area (Å²) in [6.07, 6.45) is 2.02. The molecule has 0 unspecified atom stereocenters. The first-order chi connectivity index (χ1) is 9.13. The molecule has 0 bridgehead atoms. The van der Waals surface area contributed by atoms with Crippen LogP contribution in [0.4, 0.5) is 5.69 Å². The highest BCUT2D eigenvalue weighted by Gasteiger charge is 2.20. The predicted molar refractivity (Wildman–Crippen MR) is 76.8 cm³/mol. The molecule has 6 heteroatoms. The first-order valence-electron chi connectivity index (χ1n) is 6.69. The summed E-state index contributed by atoms with van der Waals surface area (Å²) in [5, 5.41) is 6.65. The second-order valence-corrected chi connectivity index (χ2v) is 6.40. The van der Waals surface area contributed by atoms with Crippen molar-refractivity contribution in [3.63, 3.8) is 0 Å². The molecule has 1 aliphatic heterocycles. The van der Waals surface area contributed by atoms with E-state index in [1.54, 1.807) is 19.1 Å². The van der Waals surface area contributed by atoms with E-state index in [4.69, 9.17) is 0 Å². The maximum absolute atomic E-state index is 12.1. The van der Waals surface area contributed by atoms with E-state index < -0.39 is 10.0 Å². The van der Waals surface area contributed by atoms with Gasteiger partial charge >= 0.3 is 0 Å². The van der Waals surface area contributed by atoms with Crippen molar-refractivity contribution in [1.82, 2.24) is 10.0 Å². The number of sulfonamides is 1. The molecular weight excluding hydrogens is 262 g/mol. The lowest BCUT2D eigenvalue weighted by Crippen LogP contribution is -2.36. The standard InChI is InChI=1S/C13H21N3O2S/c1-2-15-19(17,18)13-6-4-3-5-12(13)16-11-7-9-14-10-8-11/h3-6,11,14-16H,2,7-10H2,1H3. The number of anilines is 1. The monoisotopic (exact) mass is 283 g/mol. The van der Waals surface area contributed by atoms with Gasteiger partial charge in [0.25, 0.3) is 0 Å². The van der Waals surface area contributed by atoms with Crippen LogP contribution in [0.3, 0.4) is 0 Å². The van der Waals surface area contributed by atoms with Crippen molar-refractivity contribution in [3.8, 4) is 0 Å². The first-order valence-corrected chi connectivity index (χ1v) is 8.18. The smallest absolute Gasteiger partial charge is 0.242 e. The molecule has 3 N–H and O–H groups in total. The van der Waals surface area contributed by atoms with Gasteiger partial charge in [-0.15, -0.1) is 0 Å². The van der Waals surface area contributed by atoms with Crippen molar-refractivity contribution in [3.05, 3.63) is 24.3 Å². The topological polar surface area (TPSA) is 70.2 Å². The molecule has 1 aromatic carbocycles. The zero-order chi connectivity index (χ0) is 13.7. The van der Waals surface area contributed by atoms with Crippen LogP contribution in [0.25, 0.3) is 0 Å². The second-order valence-electron chi connectivity index (χ2n) is 4.67. The van der Waals surface area contributed by atoms with Crippen LogP contribution < -0.4 is 15.4 Å². The van der Waals surface area contributed by atoms with E-state index in [1.807, 2.05) is 12.1 Å². The Morgan fingerprint density at radius 2 is 1.95 bits per heavy atom. The molecule has 0 radical (unpaired) electrons. The molecule has 0 atom stereocenters. The molecule has 0 aliphatic carbocycles. The number of benzene rings is 1. The molecule has 1 saturated heterocycles. The van der Waals surface area contributed by atoms with Crippen LogP contribution in [0.2, 0.25) is 0 Å². The Labute approximate surface area is 114 Å². The molecule has 1 aromatic rings. The zero-order valence-corrected chi connectivity index (χ0v) is 12.0. The van der Waals surface area contributed by atoms with E-state index in [0.717, 1.165) is 25.9 Å². The summed E-state index contributed by atoms with van der Waals surface area (Å²) in [6.45, 7) is 4.12. The minimum atomic E-state index is -3.42. The van der Waals surface area contributed by atoms with Crippen molar-refractivity contribution in [2.24, 2.45) is 0 Å². The lowest BCUT2D eigenvalue weighted by Gasteiger charge is -2.25. The fourth-order valence-electron chi connectivity index (χ4n) is 2.27. The second kappa shape index (κ2) is 6.36. The van der Waals surface area contributed by atoms with Crippen LogP contribution in [0, 0.1) is 0 Å². The van der Waals surface area contributed by atoms with Gasteiger partial charge in [0.05, 0.1) is 5.69 Å². The summed E-state index contributed by atoms with van der Waals surface area (Å²) in [7, 11) is -3.42. The minimum absolute atomic E-state index is 0.329. The number of nitrogens with one attached hydrogen (secondary N) is 3. The highest BCUT2D eigenvalue weighted by Crippen LogP contribution is 2.22.